The summed E-state index contributed by atoms with van der Waals surface area (Å²) in [6.45, 7) is 6.78. The Morgan fingerprint density at radius 3 is 2.42 bits per heavy atom. The lowest BCUT2D eigenvalue weighted by Gasteiger charge is -2.22. The van der Waals surface area contributed by atoms with Crippen LogP contribution in [-0.4, -0.2) is 6.04 Å². The van der Waals surface area contributed by atoms with Crippen LogP contribution in [0.15, 0.2) is 0 Å². The Bertz CT molecular complexity index is 131. The fraction of sp³-hybridized carbons (Fsp3) is 1.00. The van der Waals surface area contributed by atoms with Gasteiger partial charge in [0.25, 0.3) is 0 Å². The highest BCUT2D eigenvalue weighted by Crippen LogP contribution is 2.35. The molecule has 1 nitrogen and oxygen atoms in total. The molecule has 1 aliphatic rings. The Morgan fingerprint density at radius 1 is 1.33 bits per heavy atom. The van der Waals surface area contributed by atoms with Gasteiger partial charge in [-0.2, -0.15) is 0 Å². The molecule has 72 valence electrons. The minimum atomic E-state index is 0.446. The van der Waals surface area contributed by atoms with Crippen LogP contribution in [0.4, 0.5) is 0 Å². The van der Waals surface area contributed by atoms with Gasteiger partial charge in [0.05, 0.1) is 0 Å². The van der Waals surface area contributed by atoms with Crippen molar-refractivity contribution in [3.8, 4) is 0 Å². The van der Waals surface area contributed by atoms with E-state index < -0.39 is 0 Å². The molecular weight excluding hydrogens is 146 g/mol. The Morgan fingerprint density at radius 2 is 2.00 bits per heavy atom. The summed E-state index contributed by atoms with van der Waals surface area (Å²) in [5.41, 5.74) is 6.14. The largest absolute Gasteiger partial charge is 0.327 e. The molecule has 0 aromatic heterocycles. The van der Waals surface area contributed by atoms with Gasteiger partial charge in [-0.25, -0.2) is 0 Å². The Balaban J connectivity index is 2.35. The highest BCUT2D eigenvalue weighted by Gasteiger charge is 2.29. The Labute approximate surface area is 76.7 Å². The smallest absolute Gasteiger partial charge is 0.00904 e. The van der Waals surface area contributed by atoms with Crippen molar-refractivity contribution in [3.05, 3.63) is 0 Å². The molecule has 1 aliphatic carbocycles. The molecule has 1 rings (SSSR count). The second kappa shape index (κ2) is 4.27. The number of hydrogen-bond donors (Lipinski definition) is 1. The first-order valence-corrected chi connectivity index (χ1v) is 5.40. The summed E-state index contributed by atoms with van der Waals surface area (Å²) in [6.07, 6.45) is 5.52. The van der Waals surface area contributed by atoms with Crippen LogP contribution in [0.2, 0.25) is 0 Å². The maximum atomic E-state index is 6.14. The minimum Gasteiger partial charge on any atom is -0.327 e. The molecule has 0 saturated heterocycles. The summed E-state index contributed by atoms with van der Waals surface area (Å²) >= 11 is 0. The van der Waals surface area contributed by atoms with Gasteiger partial charge in [-0.3, -0.25) is 0 Å². The Hall–Kier alpha value is -0.0400. The van der Waals surface area contributed by atoms with Gasteiger partial charge < -0.3 is 5.73 Å². The van der Waals surface area contributed by atoms with Crippen LogP contribution in [0.1, 0.15) is 46.5 Å². The normalized spacial score (nSPS) is 32.8. The molecule has 2 N–H and O–H groups in total. The van der Waals surface area contributed by atoms with Crippen LogP contribution in [0.25, 0.3) is 0 Å². The van der Waals surface area contributed by atoms with E-state index in [1.165, 1.54) is 25.7 Å². The molecule has 0 aromatic rings. The van der Waals surface area contributed by atoms with Crippen LogP contribution in [0.3, 0.4) is 0 Å². The predicted molar refractivity (Wildman–Crippen MR) is 53.9 cm³/mol. The quantitative estimate of drug-likeness (QED) is 0.690. The van der Waals surface area contributed by atoms with E-state index in [0.29, 0.717) is 12.0 Å². The molecule has 12 heavy (non-hydrogen) atoms. The predicted octanol–water partition coefficient (Wildman–Crippen LogP) is 2.80. The third-order valence-electron chi connectivity index (χ3n) is 3.47. The van der Waals surface area contributed by atoms with Crippen LogP contribution < -0.4 is 5.73 Å². The lowest BCUT2D eigenvalue weighted by molar-refractivity contribution is 0.336. The maximum absolute atomic E-state index is 6.14. The van der Waals surface area contributed by atoms with Crippen molar-refractivity contribution in [1.82, 2.24) is 0 Å². The number of rotatable bonds is 3. The van der Waals surface area contributed by atoms with Gasteiger partial charge in [0.1, 0.15) is 0 Å². The van der Waals surface area contributed by atoms with Gasteiger partial charge >= 0.3 is 0 Å². The first-order chi connectivity index (χ1) is 5.65. The third kappa shape index (κ3) is 2.22. The van der Waals surface area contributed by atoms with Gasteiger partial charge in [0.2, 0.25) is 0 Å². The van der Waals surface area contributed by atoms with Crippen molar-refractivity contribution in [1.29, 1.82) is 0 Å². The molecule has 3 atom stereocenters. The van der Waals surface area contributed by atoms with E-state index in [1.807, 2.05) is 0 Å². The summed E-state index contributed by atoms with van der Waals surface area (Å²) < 4.78 is 0. The lowest BCUT2D eigenvalue weighted by atomic mass is 9.89. The zero-order valence-electron chi connectivity index (χ0n) is 8.72. The summed E-state index contributed by atoms with van der Waals surface area (Å²) in [5.74, 6) is 2.44. The molecular formula is C11H23N. The van der Waals surface area contributed by atoms with Crippen molar-refractivity contribution in [3.63, 3.8) is 0 Å². The zero-order chi connectivity index (χ0) is 9.14. The molecule has 0 spiro atoms. The van der Waals surface area contributed by atoms with Crippen molar-refractivity contribution < 1.29 is 0 Å². The summed E-state index contributed by atoms with van der Waals surface area (Å²) in [4.78, 5) is 0. The van der Waals surface area contributed by atoms with Crippen molar-refractivity contribution in [2.45, 2.75) is 52.5 Å². The highest BCUT2D eigenvalue weighted by molar-refractivity contribution is 4.83. The van der Waals surface area contributed by atoms with Gasteiger partial charge in [0.15, 0.2) is 0 Å². The van der Waals surface area contributed by atoms with Crippen LogP contribution in [0, 0.1) is 17.8 Å². The average Bonchev–Trinajstić information content (AvgIpc) is 2.50. The van der Waals surface area contributed by atoms with E-state index in [4.69, 9.17) is 5.73 Å². The summed E-state index contributed by atoms with van der Waals surface area (Å²) in [7, 11) is 0. The van der Waals surface area contributed by atoms with Gasteiger partial charge in [0, 0.05) is 6.04 Å². The average molecular weight is 169 g/mol. The lowest BCUT2D eigenvalue weighted by Crippen LogP contribution is -2.33. The first-order valence-electron chi connectivity index (χ1n) is 5.40. The van der Waals surface area contributed by atoms with Crippen molar-refractivity contribution in [2.24, 2.45) is 23.5 Å². The highest BCUT2D eigenvalue weighted by atomic mass is 14.7. The summed E-state index contributed by atoms with van der Waals surface area (Å²) in [5, 5.41) is 0. The minimum absolute atomic E-state index is 0.446. The van der Waals surface area contributed by atoms with E-state index in [2.05, 4.69) is 20.8 Å². The molecule has 0 radical (unpaired) electrons. The molecule has 0 bridgehead atoms. The third-order valence-corrected chi connectivity index (χ3v) is 3.47. The molecule has 3 unspecified atom stereocenters. The zero-order valence-corrected chi connectivity index (χ0v) is 8.72. The molecule has 1 saturated carbocycles. The molecule has 0 heterocycles. The van der Waals surface area contributed by atoms with Crippen LogP contribution >= 0.6 is 0 Å². The molecule has 0 amide bonds. The standard InChI is InChI=1S/C11H23N/c1-4-9-5-6-10(7-9)11(12)8(2)3/h8-11H,4-7,12H2,1-3H3. The van der Waals surface area contributed by atoms with E-state index >= 15 is 0 Å². The molecule has 0 aliphatic heterocycles. The Kier molecular flexibility index (Phi) is 3.57. The molecule has 0 aromatic carbocycles. The second-order valence-electron chi connectivity index (χ2n) is 4.67. The fourth-order valence-electron chi connectivity index (χ4n) is 2.38. The monoisotopic (exact) mass is 169 g/mol. The second-order valence-corrected chi connectivity index (χ2v) is 4.67. The first kappa shape index (κ1) is 10.0. The van der Waals surface area contributed by atoms with Crippen molar-refractivity contribution >= 4 is 0 Å². The SMILES string of the molecule is CCC1CCC(C(N)C(C)C)C1. The van der Waals surface area contributed by atoms with Crippen LogP contribution in [-0.2, 0) is 0 Å². The molecule has 1 fully saturated rings. The van der Waals surface area contributed by atoms with Crippen molar-refractivity contribution in [2.75, 3.05) is 0 Å². The van der Waals surface area contributed by atoms with E-state index in [9.17, 15) is 0 Å². The number of nitrogens with two attached hydrogens (primary N) is 1. The van der Waals surface area contributed by atoms with E-state index in [0.717, 1.165) is 11.8 Å². The van der Waals surface area contributed by atoms with Gasteiger partial charge in [-0.05, 0) is 30.6 Å². The van der Waals surface area contributed by atoms with E-state index in [-0.39, 0.29) is 0 Å². The maximum Gasteiger partial charge on any atom is 0.00904 e. The van der Waals surface area contributed by atoms with Gasteiger partial charge in [-0.1, -0.05) is 33.6 Å². The topological polar surface area (TPSA) is 26.0 Å². The molecule has 1 heteroatoms. The number of hydrogen-bond acceptors (Lipinski definition) is 1. The van der Waals surface area contributed by atoms with Crippen LogP contribution in [0.5, 0.6) is 0 Å². The summed E-state index contributed by atoms with van der Waals surface area (Å²) in [6, 6.07) is 0.446. The fourth-order valence-corrected chi connectivity index (χ4v) is 2.38. The van der Waals surface area contributed by atoms with E-state index in [1.54, 1.807) is 0 Å². The van der Waals surface area contributed by atoms with Gasteiger partial charge in [-0.15, -0.1) is 0 Å².